The molecule has 2 N–H and O–H groups in total. The Hall–Kier alpha value is -1.61. The molecule has 3 heteroatoms. The zero-order valence-electron chi connectivity index (χ0n) is 10.1. The molecule has 3 nitrogen and oxygen atoms in total. The van der Waals surface area contributed by atoms with Crippen LogP contribution in [0.15, 0.2) is 30.3 Å². The highest BCUT2D eigenvalue weighted by atomic mass is 16.4. The Balaban J connectivity index is 2.41. The summed E-state index contributed by atoms with van der Waals surface area (Å²) in [6, 6.07) is 8.23. The second-order valence-electron chi connectivity index (χ2n) is 3.95. The molecule has 0 aliphatic rings. The Morgan fingerprint density at radius 3 is 2.65 bits per heavy atom. The molecular weight excluding hydrogens is 214 g/mol. The zero-order valence-corrected chi connectivity index (χ0v) is 10.1. The highest BCUT2D eigenvalue weighted by molar-refractivity contribution is 5.66. The first-order chi connectivity index (χ1) is 8.22. The minimum absolute atomic E-state index is 0.240. The van der Waals surface area contributed by atoms with Crippen LogP contribution in [0.4, 0.5) is 0 Å². The smallest absolute Gasteiger partial charge is 0.303 e. The van der Waals surface area contributed by atoms with E-state index in [-0.39, 0.29) is 6.42 Å². The Bertz CT molecular complexity index is 368. The third kappa shape index (κ3) is 5.88. The molecule has 92 valence electrons. The van der Waals surface area contributed by atoms with Crippen molar-refractivity contribution < 1.29 is 9.90 Å². The van der Waals surface area contributed by atoms with Crippen molar-refractivity contribution in [3.8, 4) is 0 Å². The average Bonchev–Trinajstić information content (AvgIpc) is 2.31. The van der Waals surface area contributed by atoms with Crippen LogP contribution < -0.4 is 5.32 Å². The third-order valence-electron chi connectivity index (χ3n) is 2.47. The Morgan fingerprint density at radius 1 is 1.35 bits per heavy atom. The number of aryl methyl sites for hydroxylation is 1. The van der Waals surface area contributed by atoms with Crippen molar-refractivity contribution >= 4 is 12.0 Å². The number of likely N-dealkylation sites (N-methyl/N-ethyl adjacent to an activating group) is 1. The monoisotopic (exact) mass is 233 g/mol. The van der Waals surface area contributed by atoms with Crippen molar-refractivity contribution in [1.82, 2.24) is 5.32 Å². The summed E-state index contributed by atoms with van der Waals surface area (Å²) < 4.78 is 0. The number of carbonyl (C=O) groups is 1. The average molecular weight is 233 g/mol. The van der Waals surface area contributed by atoms with E-state index in [0.717, 1.165) is 13.0 Å². The van der Waals surface area contributed by atoms with E-state index in [1.165, 1.54) is 11.1 Å². The van der Waals surface area contributed by atoms with Crippen LogP contribution in [0.1, 0.15) is 24.0 Å². The van der Waals surface area contributed by atoms with Crippen LogP contribution in [0.5, 0.6) is 0 Å². The Morgan fingerprint density at radius 2 is 2.06 bits per heavy atom. The summed E-state index contributed by atoms with van der Waals surface area (Å²) in [4.78, 5) is 10.4. The minimum Gasteiger partial charge on any atom is -0.481 e. The van der Waals surface area contributed by atoms with Gasteiger partial charge in [-0.2, -0.15) is 0 Å². The normalized spacial score (nSPS) is 10.9. The molecule has 0 bridgehead atoms. The van der Waals surface area contributed by atoms with E-state index in [1.54, 1.807) is 0 Å². The lowest BCUT2D eigenvalue weighted by Gasteiger charge is -2.00. The van der Waals surface area contributed by atoms with Gasteiger partial charge in [0.2, 0.25) is 0 Å². The summed E-state index contributed by atoms with van der Waals surface area (Å²) >= 11 is 0. The van der Waals surface area contributed by atoms with Crippen molar-refractivity contribution in [1.29, 1.82) is 0 Å². The van der Waals surface area contributed by atoms with Gasteiger partial charge in [-0.05, 0) is 31.0 Å². The predicted molar refractivity (Wildman–Crippen MR) is 70.0 cm³/mol. The number of benzene rings is 1. The maximum atomic E-state index is 10.4. The number of carboxylic acid groups (broad SMARTS) is 1. The van der Waals surface area contributed by atoms with Crippen LogP contribution in [-0.4, -0.2) is 24.7 Å². The lowest BCUT2D eigenvalue weighted by atomic mass is 10.1. The number of nitrogens with one attached hydrogen (secondary N) is 1. The van der Waals surface area contributed by atoms with Gasteiger partial charge in [-0.1, -0.05) is 36.4 Å². The lowest BCUT2D eigenvalue weighted by Crippen LogP contribution is -2.03. The van der Waals surface area contributed by atoms with E-state index in [2.05, 4.69) is 41.7 Å². The molecule has 0 aliphatic carbocycles. The van der Waals surface area contributed by atoms with Gasteiger partial charge in [0, 0.05) is 13.0 Å². The van der Waals surface area contributed by atoms with Crippen molar-refractivity contribution in [2.45, 2.75) is 19.3 Å². The van der Waals surface area contributed by atoms with E-state index in [4.69, 9.17) is 5.11 Å². The fourth-order valence-electron chi connectivity index (χ4n) is 1.55. The molecule has 0 saturated heterocycles. The number of aliphatic carboxylic acids is 1. The fourth-order valence-corrected chi connectivity index (χ4v) is 1.55. The molecule has 1 aromatic carbocycles. The first-order valence-corrected chi connectivity index (χ1v) is 5.84. The largest absolute Gasteiger partial charge is 0.481 e. The van der Waals surface area contributed by atoms with Gasteiger partial charge < -0.3 is 10.4 Å². The maximum absolute atomic E-state index is 10.4. The van der Waals surface area contributed by atoms with Gasteiger partial charge in [0.1, 0.15) is 0 Å². The van der Waals surface area contributed by atoms with Crippen LogP contribution in [0.3, 0.4) is 0 Å². The minimum atomic E-state index is -0.725. The first-order valence-electron chi connectivity index (χ1n) is 5.84. The summed E-state index contributed by atoms with van der Waals surface area (Å²) in [6.45, 7) is 0.861. The highest BCUT2D eigenvalue weighted by Crippen LogP contribution is 2.09. The lowest BCUT2D eigenvalue weighted by molar-refractivity contribution is -0.137. The molecule has 0 heterocycles. The van der Waals surface area contributed by atoms with Gasteiger partial charge in [0.05, 0.1) is 0 Å². The third-order valence-corrected chi connectivity index (χ3v) is 2.47. The van der Waals surface area contributed by atoms with Crippen LogP contribution in [-0.2, 0) is 11.2 Å². The summed E-state index contributed by atoms with van der Waals surface area (Å²) in [6.07, 6.45) is 5.90. The molecule has 1 rings (SSSR count). The molecule has 0 amide bonds. The van der Waals surface area contributed by atoms with Crippen LogP contribution in [0.25, 0.3) is 6.08 Å². The van der Waals surface area contributed by atoms with E-state index in [0.29, 0.717) is 6.42 Å². The molecule has 0 unspecified atom stereocenters. The number of rotatable bonds is 7. The molecule has 0 spiro atoms. The van der Waals surface area contributed by atoms with Gasteiger partial charge >= 0.3 is 5.97 Å². The number of hydrogen-bond donors (Lipinski definition) is 2. The van der Waals surface area contributed by atoms with Crippen LogP contribution >= 0.6 is 0 Å². The second kappa shape index (κ2) is 7.63. The highest BCUT2D eigenvalue weighted by Gasteiger charge is 1.98. The Labute approximate surface area is 102 Å². The van der Waals surface area contributed by atoms with Gasteiger partial charge in [-0.15, -0.1) is 0 Å². The van der Waals surface area contributed by atoms with E-state index in [9.17, 15) is 4.79 Å². The van der Waals surface area contributed by atoms with Crippen LogP contribution in [0, 0.1) is 0 Å². The van der Waals surface area contributed by atoms with Gasteiger partial charge in [-0.25, -0.2) is 0 Å². The standard InChI is InChI=1S/C14H19NO2/c1-15-11-3-5-13-9-7-12(8-10-13)4-2-6-14(16)17/h3,5,7-10,15H,2,4,6,11H2,1H3,(H,16,17). The number of hydrogen-bond acceptors (Lipinski definition) is 2. The molecule has 0 saturated carbocycles. The van der Waals surface area contributed by atoms with Gasteiger partial charge in [0.15, 0.2) is 0 Å². The predicted octanol–water partition coefficient (Wildman–Crippen LogP) is 2.33. The molecular formula is C14H19NO2. The topological polar surface area (TPSA) is 49.3 Å². The fraction of sp³-hybridized carbons (Fsp3) is 0.357. The SMILES string of the molecule is CNCC=Cc1ccc(CCCC(=O)O)cc1. The first kappa shape index (κ1) is 13.5. The maximum Gasteiger partial charge on any atom is 0.303 e. The quantitative estimate of drug-likeness (QED) is 0.760. The van der Waals surface area contributed by atoms with Crippen molar-refractivity contribution in [3.63, 3.8) is 0 Å². The molecule has 0 aliphatic heterocycles. The zero-order chi connectivity index (χ0) is 12.5. The number of carboxylic acids is 1. The second-order valence-corrected chi connectivity index (χ2v) is 3.95. The van der Waals surface area contributed by atoms with Crippen molar-refractivity contribution in [2.75, 3.05) is 13.6 Å². The molecule has 0 aromatic heterocycles. The van der Waals surface area contributed by atoms with Crippen molar-refractivity contribution in [3.05, 3.63) is 41.5 Å². The van der Waals surface area contributed by atoms with E-state index < -0.39 is 5.97 Å². The molecule has 0 fully saturated rings. The van der Waals surface area contributed by atoms with Gasteiger partial charge in [0.25, 0.3) is 0 Å². The van der Waals surface area contributed by atoms with E-state index >= 15 is 0 Å². The molecule has 1 aromatic rings. The molecule has 0 radical (unpaired) electrons. The summed E-state index contributed by atoms with van der Waals surface area (Å²) in [5, 5.41) is 11.6. The molecule has 0 atom stereocenters. The van der Waals surface area contributed by atoms with Crippen LogP contribution in [0.2, 0.25) is 0 Å². The summed E-state index contributed by atoms with van der Waals surface area (Å²) in [5.74, 6) is -0.725. The molecule has 17 heavy (non-hydrogen) atoms. The summed E-state index contributed by atoms with van der Waals surface area (Å²) in [5.41, 5.74) is 2.36. The Kier molecular flexibility index (Phi) is 6.04. The summed E-state index contributed by atoms with van der Waals surface area (Å²) in [7, 11) is 1.91. The van der Waals surface area contributed by atoms with Gasteiger partial charge in [-0.3, -0.25) is 4.79 Å². The van der Waals surface area contributed by atoms with Crippen molar-refractivity contribution in [2.24, 2.45) is 0 Å². The van der Waals surface area contributed by atoms with E-state index in [1.807, 2.05) is 7.05 Å².